The molecule has 2 N–H and O–H groups in total. The number of hydrogen-bond donors (Lipinski definition) is 1. The Labute approximate surface area is 155 Å². The Morgan fingerprint density at radius 1 is 1.24 bits per heavy atom. The first-order chi connectivity index (χ1) is 11.2. The molecule has 2 atom stereocenters. The fourth-order valence-electron chi connectivity index (χ4n) is 3.10. The molecule has 1 aromatic rings. The molecule has 142 valence electrons. The van der Waals surface area contributed by atoms with Gasteiger partial charge in [0.15, 0.2) is 9.84 Å². The summed E-state index contributed by atoms with van der Waals surface area (Å²) in [6, 6.07) is 4.79. The van der Waals surface area contributed by atoms with Gasteiger partial charge in [-0.2, -0.15) is 0 Å². The standard InChI is InChI=1S/C17H25FN2O3S.ClH/c1-12(11-24(22,23)16-5-3-15(18)4-6-16)17(21)20-9-7-14(8-10-20)13(2)19;/h3-6,12-14H,7-11,19H2,1-2H3;1H. The number of sulfone groups is 1. The summed E-state index contributed by atoms with van der Waals surface area (Å²) in [5.41, 5.74) is 5.90. The Hall–Kier alpha value is -1.18. The van der Waals surface area contributed by atoms with Crippen LogP contribution in [0, 0.1) is 17.7 Å². The Morgan fingerprint density at radius 3 is 2.24 bits per heavy atom. The number of hydrogen-bond acceptors (Lipinski definition) is 4. The highest BCUT2D eigenvalue weighted by molar-refractivity contribution is 7.91. The van der Waals surface area contributed by atoms with Crippen molar-refractivity contribution in [1.29, 1.82) is 0 Å². The lowest BCUT2D eigenvalue weighted by molar-refractivity contribution is -0.135. The van der Waals surface area contributed by atoms with E-state index in [1.54, 1.807) is 11.8 Å². The summed E-state index contributed by atoms with van der Waals surface area (Å²) < 4.78 is 37.7. The Morgan fingerprint density at radius 2 is 1.76 bits per heavy atom. The zero-order chi connectivity index (χ0) is 17.9. The average molecular weight is 393 g/mol. The zero-order valence-electron chi connectivity index (χ0n) is 14.5. The second-order valence-corrected chi connectivity index (χ2v) is 8.69. The minimum absolute atomic E-state index is 0. The van der Waals surface area contributed by atoms with E-state index in [1.165, 1.54) is 12.1 Å². The van der Waals surface area contributed by atoms with Crippen LogP contribution in [0.3, 0.4) is 0 Å². The van der Waals surface area contributed by atoms with Gasteiger partial charge in [-0.05, 0) is 49.9 Å². The second-order valence-electron chi connectivity index (χ2n) is 6.66. The van der Waals surface area contributed by atoms with Crippen molar-refractivity contribution in [2.75, 3.05) is 18.8 Å². The van der Waals surface area contributed by atoms with Gasteiger partial charge in [0.2, 0.25) is 5.91 Å². The van der Waals surface area contributed by atoms with E-state index in [2.05, 4.69) is 0 Å². The molecule has 0 bridgehead atoms. The summed E-state index contributed by atoms with van der Waals surface area (Å²) in [5, 5.41) is 0. The highest BCUT2D eigenvalue weighted by atomic mass is 35.5. The quantitative estimate of drug-likeness (QED) is 0.779. The maximum atomic E-state index is 12.9. The molecule has 2 rings (SSSR count). The minimum atomic E-state index is -3.62. The van der Waals surface area contributed by atoms with Crippen LogP contribution in [0.15, 0.2) is 29.2 Å². The van der Waals surface area contributed by atoms with E-state index < -0.39 is 21.6 Å². The number of halogens is 2. The number of carbonyl (C=O) groups excluding carboxylic acids is 1. The number of rotatable bonds is 5. The summed E-state index contributed by atoms with van der Waals surface area (Å²) in [5.74, 6) is -1.14. The Bertz CT molecular complexity index is 672. The van der Waals surface area contributed by atoms with Crippen molar-refractivity contribution in [3.8, 4) is 0 Å². The van der Waals surface area contributed by atoms with Crippen molar-refractivity contribution in [1.82, 2.24) is 4.90 Å². The van der Waals surface area contributed by atoms with E-state index in [-0.39, 0.29) is 35.0 Å². The van der Waals surface area contributed by atoms with Gasteiger partial charge < -0.3 is 10.6 Å². The lowest BCUT2D eigenvalue weighted by Gasteiger charge is -2.35. The Balaban J connectivity index is 0.00000312. The van der Waals surface area contributed by atoms with Gasteiger partial charge >= 0.3 is 0 Å². The SMILES string of the molecule is CC(CS(=O)(=O)c1ccc(F)cc1)C(=O)N1CCC(C(C)N)CC1.Cl. The van der Waals surface area contributed by atoms with Crippen molar-refractivity contribution >= 4 is 28.2 Å². The highest BCUT2D eigenvalue weighted by Gasteiger charge is 2.30. The van der Waals surface area contributed by atoms with Crippen LogP contribution in [-0.4, -0.2) is 44.1 Å². The van der Waals surface area contributed by atoms with E-state index in [0.717, 1.165) is 25.0 Å². The summed E-state index contributed by atoms with van der Waals surface area (Å²) in [7, 11) is -3.62. The van der Waals surface area contributed by atoms with E-state index in [1.807, 2.05) is 6.92 Å². The summed E-state index contributed by atoms with van der Waals surface area (Å²) >= 11 is 0. The van der Waals surface area contributed by atoms with Crippen molar-refractivity contribution in [3.05, 3.63) is 30.1 Å². The van der Waals surface area contributed by atoms with Gasteiger partial charge in [0.1, 0.15) is 5.82 Å². The molecule has 1 saturated heterocycles. The largest absolute Gasteiger partial charge is 0.342 e. The minimum Gasteiger partial charge on any atom is -0.342 e. The van der Waals surface area contributed by atoms with Crippen LogP contribution >= 0.6 is 12.4 Å². The number of nitrogens with zero attached hydrogens (tertiary/aromatic N) is 1. The molecule has 0 aromatic heterocycles. The number of nitrogens with two attached hydrogens (primary N) is 1. The molecule has 1 aliphatic heterocycles. The van der Waals surface area contributed by atoms with Crippen LogP contribution in [0.1, 0.15) is 26.7 Å². The van der Waals surface area contributed by atoms with Gasteiger partial charge in [-0.3, -0.25) is 4.79 Å². The predicted molar refractivity (Wildman–Crippen MR) is 97.8 cm³/mol. The molecule has 0 saturated carbocycles. The summed E-state index contributed by atoms with van der Waals surface area (Å²) in [4.78, 5) is 14.3. The molecule has 2 unspecified atom stereocenters. The lowest BCUT2D eigenvalue weighted by atomic mass is 9.90. The van der Waals surface area contributed by atoms with Gasteiger partial charge in [-0.25, -0.2) is 12.8 Å². The number of amides is 1. The van der Waals surface area contributed by atoms with E-state index in [4.69, 9.17) is 5.73 Å². The van der Waals surface area contributed by atoms with Gasteiger partial charge in [0, 0.05) is 25.0 Å². The average Bonchev–Trinajstić information content (AvgIpc) is 2.54. The van der Waals surface area contributed by atoms with E-state index in [9.17, 15) is 17.6 Å². The third-order valence-electron chi connectivity index (χ3n) is 4.66. The molecule has 0 radical (unpaired) electrons. The van der Waals surface area contributed by atoms with E-state index >= 15 is 0 Å². The molecule has 1 fully saturated rings. The lowest BCUT2D eigenvalue weighted by Crippen LogP contribution is -2.45. The zero-order valence-corrected chi connectivity index (χ0v) is 16.2. The fraction of sp³-hybridized carbons (Fsp3) is 0.588. The van der Waals surface area contributed by atoms with Crippen LogP contribution < -0.4 is 5.73 Å². The van der Waals surface area contributed by atoms with Crippen LogP contribution in [0.4, 0.5) is 4.39 Å². The second kappa shape index (κ2) is 8.96. The first-order valence-electron chi connectivity index (χ1n) is 8.23. The number of carbonyl (C=O) groups is 1. The number of piperidine rings is 1. The molecule has 5 nitrogen and oxygen atoms in total. The molecular formula is C17H26ClFN2O3S. The first kappa shape index (κ1) is 21.9. The number of likely N-dealkylation sites (tertiary alicyclic amines) is 1. The molecule has 1 heterocycles. The highest BCUT2D eigenvalue weighted by Crippen LogP contribution is 2.22. The van der Waals surface area contributed by atoms with Crippen molar-refractivity contribution in [3.63, 3.8) is 0 Å². The molecule has 0 aliphatic carbocycles. The van der Waals surface area contributed by atoms with Gasteiger partial charge in [0.25, 0.3) is 0 Å². The van der Waals surface area contributed by atoms with Crippen LogP contribution in [0.25, 0.3) is 0 Å². The van der Waals surface area contributed by atoms with Crippen molar-refractivity contribution in [2.24, 2.45) is 17.6 Å². The van der Waals surface area contributed by atoms with Crippen LogP contribution in [0.2, 0.25) is 0 Å². The Kier molecular flexibility index (Phi) is 7.84. The smallest absolute Gasteiger partial charge is 0.226 e. The molecular weight excluding hydrogens is 367 g/mol. The topological polar surface area (TPSA) is 80.5 Å². The first-order valence-corrected chi connectivity index (χ1v) is 9.88. The normalized spacial score (nSPS) is 18.3. The van der Waals surface area contributed by atoms with Crippen molar-refractivity contribution < 1.29 is 17.6 Å². The predicted octanol–water partition coefficient (Wildman–Crippen LogP) is 2.24. The number of benzene rings is 1. The monoisotopic (exact) mass is 392 g/mol. The molecule has 1 aliphatic rings. The van der Waals surface area contributed by atoms with Crippen molar-refractivity contribution in [2.45, 2.75) is 37.6 Å². The van der Waals surface area contributed by atoms with E-state index in [0.29, 0.717) is 19.0 Å². The summed E-state index contributed by atoms with van der Waals surface area (Å²) in [6.45, 7) is 4.83. The maximum absolute atomic E-state index is 12.9. The molecule has 25 heavy (non-hydrogen) atoms. The van der Waals surface area contributed by atoms with Gasteiger partial charge in [0.05, 0.1) is 10.6 Å². The molecule has 8 heteroatoms. The van der Waals surface area contributed by atoms with Gasteiger partial charge in [-0.15, -0.1) is 12.4 Å². The molecule has 1 amide bonds. The van der Waals surface area contributed by atoms with Gasteiger partial charge in [-0.1, -0.05) is 6.92 Å². The third kappa shape index (κ3) is 5.66. The maximum Gasteiger partial charge on any atom is 0.226 e. The van der Waals surface area contributed by atoms with Crippen LogP contribution in [0.5, 0.6) is 0 Å². The van der Waals surface area contributed by atoms with Crippen LogP contribution in [-0.2, 0) is 14.6 Å². The molecule has 1 aromatic carbocycles. The fourth-order valence-corrected chi connectivity index (χ4v) is 4.64. The molecule has 0 spiro atoms. The summed E-state index contributed by atoms with van der Waals surface area (Å²) in [6.07, 6.45) is 1.70. The third-order valence-corrected chi connectivity index (χ3v) is 6.59.